The van der Waals surface area contributed by atoms with Gasteiger partial charge in [-0.3, -0.25) is 14.5 Å². The number of imide groups is 1. The van der Waals surface area contributed by atoms with E-state index < -0.39 is 42.0 Å². The first-order valence-corrected chi connectivity index (χ1v) is 10.3. The third-order valence-corrected chi connectivity index (χ3v) is 5.38. The molecule has 2 atom stereocenters. The number of nitrogens with zero attached hydrogens (tertiary/aromatic N) is 1. The molecule has 10 heteroatoms. The van der Waals surface area contributed by atoms with Gasteiger partial charge in [-0.25, -0.2) is 4.79 Å². The first-order valence-electron chi connectivity index (χ1n) is 10.3. The SMILES string of the molecule is CC(C)C(NC(=O)CN1C(=O)NC(C)(c2ccc(OC(F)(F)F)cc2)C1=O)c1ccccc1. The Morgan fingerprint density at radius 1 is 1.09 bits per heavy atom. The van der Waals surface area contributed by atoms with Crippen LogP contribution in [0.4, 0.5) is 18.0 Å². The molecule has 1 heterocycles. The summed E-state index contributed by atoms with van der Waals surface area (Å²) >= 11 is 0. The Morgan fingerprint density at radius 2 is 1.70 bits per heavy atom. The molecule has 7 nitrogen and oxygen atoms in total. The van der Waals surface area contributed by atoms with Gasteiger partial charge in [-0.2, -0.15) is 0 Å². The highest BCUT2D eigenvalue weighted by Gasteiger charge is 2.49. The van der Waals surface area contributed by atoms with Crippen LogP contribution in [0.5, 0.6) is 5.75 Å². The molecule has 0 bridgehead atoms. The second-order valence-electron chi connectivity index (χ2n) is 8.22. The van der Waals surface area contributed by atoms with Crippen molar-refractivity contribution >= 4 is 17.8 Å². The van der Waals surface area contributed by atoms with E-state index in [2.05, 4.69) is 15.4 Å². The number of nitrogens with one attached hydrogen (secondary N) is 2. The zero-order valence-electron chi connectivity index (χ0n) is 18.3. The molecule has 2 aromatic carbocycles. The minimum Gasteiger partial charge on any atom is -0.406 e. The Labute approximate surface area is 188 Å². The van der Waals surface area contributed by atoms with Crippen LogP contribution in [0.1, 0.15) is 37.9 Å². The van der Waals surface area contributed by atoms with Gasteiger partial charge in [0.25, 0.3) is 5.91 Å². The molecule has 3 rings (SSSR count). The van der Waals surface area contributed by atoms with E-state index in [1.54, 1.807) is 0 Å². The number of benzene rings is 2. The number of alkyl halides is 3. The average Bonchev–Trinajstić information content (AvgIpc) is 2.95. The van der Waals surface area contributed by atoms with E-state index in [1.807, 2.05) is 44.2 Å². The number of hydrogen-bond donors (Lipinski definition) is 2. The van der Waals surface area contributed by atoms with Gasteiger partial charge in [0, 0.05) is 0 Å². The van der Waals surface area contributed by atoms with Crippen LogP contribution in [0.3, 0.4) is 0 Å². The highest BCUT2D eigenvalue weighted by Crippen LogP contribution is 2.31. The van der Waals surface area contributed by atoms with Gasteiger partial charge in [-0.05, 0) is 36.1 Å². The fourth-order valence-corrected chi connectivity index (χ4v) is 3.68. The van der Waals surface area contributed by atoms with Gasteiger partial charge in [-0.15, -0.1) is 13.2 Å². The number of carbonyl (C=O) groups excluding carboxylic acids is 3. The zero-order valence-corrected chi connectivity index (χ0v) is 18.3. The van der Waals surface area contributed by atoms with E-state index in [0.717, 1.165) is 22.6 Å². The lowest BCUT2D eigenvalue weighted by Gasteiger charge is -2.25. The third-order valence-electron chi connectivity index (χ3n) is 5.38. The minimum atomic E-state index is -4.85. The summed E-state index contributed by atoms with van der Waals surface area (Å²) in [5.74, 6) is -1.60. The molecule has 2 aromatic rings. The van der Waals surface area contributed by atoms with Crippen molar-refractivity contribution in [3.05, 3.63) is 65.7 Å². The number of amides is 4. The summed E-state index contributed by atoms with van der Waals surface area (Å²) in [6, 6.07) is 12.9. The maximum absolute atomic E-state index is 13.0. The van der Waals surface area contributed by atoms with E-state index >= 15 is 0 Å². The predicted octanol–water partition coefficient (Wildman–Crippen LogP) is 3.87. The standard InChI is InChI=1S/C23H24F3N3O4/c1-14(2)19(15-7-5-4-6-8-15)27-18(30)13-29-20(31)22(3,28-21(29)32)16-9-11-17(12-10-16)33-23(24,25)26/h4-12,14,19H,13H2,1-3H3,(H,27,30)(H,28,32). The van der Waals surface area contributed by atoms with Gasteiger partial charge < -0.3 is 15.4 Å². The van der Waals surface area contributed by atoms with Crippen molar-refractivity contribution in [1.82, 2.24) is 15.5 Å². The number of ether oxygens (including phenoxy) is 1. The van der Waals surface area contributed by atoms with Gasteiger partial charge >= 0.3 is 12.4 Å². The number of urea groups is 1. The lowest BCUT2D eigenvalue weighted by Crippen LogP contribution is -2.44. The Kier molecular flexibility index (Phi) is 6.66. The summed E-state index contributed by atoms with van der Waals surface area (Å²) in [5.41, 5.74) is -0.392. The van der Waals surface area contributed by atoms with Gasteiger partial charge in [0.1, 0.15) is 17.8 Å². The largest absolute Gasteiger partial charge is 0.573 e. The van der Waals surface area contributed by atoms with Crippen molar-refractivity contribution in [2.45, 2.75) is 38.7 Å². The van der Waals surface area contributed by atoms with Crippen LogP contribution in [0.2, 0.25) is 0 Å². The van der Waals surface area contributed by atoms with E-state index in [0.29, 0.717) is 0 Å². The van der Waals surface area contributed by atoms with E-state index in [9.17, 15) is 27.6 Å². The second kappa shape index (κ2) is 9.13. The van der Waals surface area contributed by atoms with Crippen molar-refractivity contribution in [2.75, 3.05) is 6.54 Å². The lowest BCUT2D eigenvalue weighted by atomic mass is 9.92. The maximum Gasteiger partial charge on any atom is 0.573 e. The first kappa shape index (κ1) is 24.1. The smallest absolute Gasteiger partial charge is 0.406 e. The highest BCUT2D eigenvalue weighted by atomic mass is 19.4. The predicted molar refractivity (Wildman–Crippen MR) is 113 cm³/mol. The molecule has 0 spiro atoms. The maximum atomic E-state index is 13.0. The highest BCUT2D eigenvalue weighted by molar-refractivity contribution is 6.09. The topological polar surface area (TPSA) is 87.7 Å². The summed E-state index contributed by atoms with van der Waals surface area (Å²) < 4.78 is 41.0. The lowest BCUT2D eigenvalue weighted by molar-refractivity contribution is -0.274. The second-order valence-corrected chi connectivity index (χ2v) is 8.22. The monoisotopic (exact) mass is 463 g/mol. The quantitative estimate of drug-likeness (QED) is 0.611. The van der Waals surface area contributed by atoms with Crippen molar-refractivity contribution < 1.29 is 32.3 Å². The number of rotatable bonds is 7. The molecule has 33 heavy (non-hydrogen) atoms. The molecular formula is C23H24F3N3O4. The normalized spacial score (nSPS) is 19.4. The molecular weight excluding hydrogens is 439 g/mol. The summed E-state index contributed by atoms with van der Waals surface area (Å²) in [5, 5.41) is 5.38. The minimum absolute atomic E-state index is 0.0575. The molecule has 176 valence electrons. The molecule has 1 saturated heterocycles. The summed E-state index contributed by atoms with van der Waals surface area (Å²) in [4.78, 5) is 39.0. The van der Waals surface area contributed by atoms with Crippen LogP contribution < -0.4 is 15.4 Å². The van der Waals surface area contributed by atoms with Crippen molar-refractivity contribution in [3.8, 4) is 5.75 Å². The Balaban J connectivity index is 1.72. The van der Waals surface area contributed by atoms with Crippen LogP contribution in [0, 0.1) is 5.92 Å². The van der Waals surface area contributed by atoms with E-state index in [-0.39, 0.29) is 17.5 Å². The van der Waals surface area contributed by atoms with Crippen LogP contribution in [0.25, 0.3) is 0 Å². The molecule has 1 aliphatic rings. The fraction of sp³-hybridized carbons (Fsp3) is 0.348. The van der Waals surface area contributed by atoms with Gasteiger partial charge in [0.15, 0.2) is 0 Å². The van der Waals surface area contributed by atoms with E-state index in [1.165, 1.54) is 19.1 Å². The molecule has 0 aliphatic carbocycles. The zero-order chi connectivity index (χ0) is 24.4. The number of hydrogen-bond acceptors (Lipinski definition) is 4. The van der Waals surface area contributed by atoms with Crippen LogP contribution >= 0.6 is 0 Å². The van der Waals surface area contributed by atoms with Gasteiger partial charge in [-0.1, -0.05) is 56.3 Å². The fourth-order valence-electron chi connectivity index (χ4n) is 3.68. The average molecular weight is 463 g/mol. The molecule has 0 radical (unpaired) electrons. The summed E-state index contributed by atoms with van der Waals surface area (Å²) in [6.45, 7) is 4.81. The van der Waals surface area contributed by atoms with Crippen LogP contribution in [0.15, 0.2) is 54.6 Å². The molecule has 4 amide bonds. The Morgan fingerprint density at radius 3 is 2.24 bits per heavy atom. The van der Waals surface area contributed by atoms with Crippen molar-refractivity contribution in [2.24, 2.45) is 5.92 Å². The molecule has 0 aromatic heterocycles. The van der Waals surface area contributed by atoms with Crippen LogP contribution in [-0.4, -0.2) is 35.7 Å². The first-order chi connectivity index (χ1) is 15.4. The molecule has 0 saturated carbocycles. The Bertz CT molecular complexity index is 1030. The number of carbonyl (C=O) groups is 3. The third kappa shape index (κ3) is 5.44. The molecule has 2 N–H and O–H groups in total. The number of halogens is 3. The van der Waals surface area contributed by atoms with Crippen LogP contribution in [-0.2, 0) is 15.1 Å². The molecule has 1 fully saturated rings. The molecule has 1 aliphatic heterocycles. The summed E-state index contributed by atoms with van der Waals surface area (Å²) in [7, 11) is 0. The Hall–Kier alpha value is -3.56. The van der Waals surface area contributed by atoms with Gasteiger partial charge in [0.05, 0.1) is 6.04 Å². The van der Waals surface area contributed by atoms with Gasteiger partial charge in [0.2, 0.25) is 5.91 Å². The van der Waals surface area contributed by atoms with E-state index in [4.69, 9.17) is 0 Å². The van der Waals surface area contributed by atoms with Crippen molar-refractivity contribution in [3.63, 3.8) is 0 Å². The molecule has 2 unspecified atom stereocenters. The van der Waals surface area contributed by atoms with Crippen molar-refractivity contribution in [1.29, 1.82) is 0 Å². The summed E-state index contributed by atoms with van der Waals surface area (Å²) in [6.07, 6.45) is -4.85.